The standard InChI is InChI=1S/C8H16F3NO3/c1-14-2-3-15-5-7(13)4-12-6-8(9,10)11/h7,12-13H,2-6H2,1H3. The molecule has 0 bridgehead atoms. The minimum Gasteiger partial charge on any atom is -0.389 e. The molecule has 0 amide bonds. The average molecular weight is 231 g/mol. The molecule has 0 aliphatic rings. The van der Waals surface area contributed by atoms with Gasteiger partial charge in [-0.3, -0.25) is 0 Å². The van der Waals surface area contributed by atoms with Gasteiger partial charge in [0.25, 0.3) is 0 Å². The lowest BCUT2D eigenvalue weighted by molar-refractivity contribution is -0.125. The summed E-state index contributed by atoms with van der Waals surface area (Å²) >= 11 is 0. The lowest BCUT2D eigenvalue weighted by Crippen LogP contribution is -2.36. The van der Waals surface area contributed by atoms with E-state index in [0.29, 0.717) is 13.2 Å². The van der Waals surface area contributed by atoms with Gasteiger partial charge in [-0.1, -0.05) is 0 Å². The molecule has 1 unspecified atom stereocenters. The Morgan fingerprint density at radius 1 is 1.33 bits per heavy atom. The summed E-state index contributed by atoms with van der Waals surface area (Å²) in [6.45, 7) is -0.557. The number of aliphatic hydroxyl groups is 1. The van der Waals surface area contributed by atoms with Crippen molar-refractivity contribution in [2.45, 2.75) is 12.3 Å². The second-order valence-corrected chi connectivity index (χ2v) is 2.97. The first-order valence-electron chi connectivity index (χ1n) is 4.48. The molecule has 92 valence electrons. The van der Waals surface area contributed by atoms with Crippen LogP contribution in [0.15, 0.2) is 0 Å². The van der Waals surface area contributed by atoms with Gasteiger partial charge in [-0.25, -0.2) is 0 Å². The van der Waals surface area contributed by atoms with Gasteiger partial charge in [0.1, 0.15) is 0 Å². The SMILES string of the molecule is COCCOCC(O)CNCC(F)(F)F. The Balaban J connectivity index is 3.29. The van der Waals surface area contributed by atoms with Crippen molar-refractivity contribution in [1.82, 2.24) is 5.32 Å². The average Bonchev–Trinajstić information content (AvgIpc) is 2.10. The van der Waals surface area contributed by atoms with Gasteiger partial charge in [-0.2, -0.15) is 13.2 Å². The Morgan fingerprint density at radius 2 is 2.00 bits per heavy atom. The number of alkyl halides is 3. The Morgan fingerprint density at radius 3 is 2.53 bits per heavy atom. The van der Waals surface area contributed by atoms with E-state index in [2.05, 4.69) is 10.1 Å². The van der Waals surface area contributed by atoms with Crippen LogP contribution >= 0.6 is 0 Å². The van der Waals surface area contributed by atoms with Crippen LogP contribution in [0.25, 0.3) is 0 Å². The molecule has 7 heteroatoms. The summed E-state index contributed by atoms with van der Waals surface area (Å²) in [5.41, 5.74) is 0. The van der Waals surface area contributed by atoms with E-state index in [0.717, 1.165) is 0 Å². The second-order valence-electron chi connectivity index (χ2n) is 2.97. The zero-order chi connectivity index (χ0) is 11.7. The summed E-state index contributed by atoms with van der Waals surface area (Å²) in [5, 5.41) is 11.2. The Kier molecular flexibility index (Phi) is 7.67. The van der Waals surface area contributed by atoms with Crippen LogP contribution in [0.3, 0.4) is 0 Å². The van der Waals surface area contributed by atoms with Gasteiger partial charge in [0.15, 0.2) is 0 Å². The molecule has 0 aromatic heterocycles. The summed E-state index contributed by atoms with van der Waals surface area (Å²) in [7, 11) is 1.50. The number of nitrogens with one attached hydrogen (secondary N) is 1. The minimum absolute atomic E-state index is 0.00574. The maximum Gasteiger partial charge on any atom is 0.401 e. The highest BCUT2D eigenvalue weighted by molar-refractivity contribution is 4.61. The number of rotatable bonds is 8. The van der Waals surface area contributed by atoms with Gasteiger partial charge in [0.2, 0.25) is 0 Å². The van der Waals surface area contributed by atoms with Gasteiger partial charge in [-0.05, 0) is 0 Å². The quantitative estimate of drug-likeness (QED) is 0.584. The second kappa shape index (κ2) is 7.86. The molecule has 1 atom stereocenters. The third-order valence-electron chi connectivity index (χ3n) is 1.45. The monoisotopic (exact) mass is 231 g/mol. The highest BCUT2D eigenvalue weighted by atomic mass is 19.4. The molecule has 0 rings (SSSR count). The topological polar surface area (TPSA) is 50.7 Å². The lowest BCUT2D eigenvalue weighted by atomic mass is 10.4. The third-order valence-corrected chi connectivity index (χ3v) is 1.45. The van der Waals surface area contributed by atoms with Crippen molar-refractivity contribution in [3.63, 3.8) is 0 Å². The van der Waals surface area contributed by atoms with Crippen molar-refractivity contribution >= 4 is 0 Å². The molecule has 4 nitrogen and oxygen atoms in total. The molecule has 0 radical (unpaired) electrons. The maximum absolute atomic E-state index is 11.7. The molecular weight excluding hydrogens is 215 g/mol. The van der Waals surface area contributed by atoms with Crippen molar-refractivity contribution in [1.29, 1.82) is 0 Å². The maximum atomic E-state index is 11.7. The van der Waals surface area contributed by atoms with Crippen molar-refractivity contribution < 1.29 is 27.8 Å². The number of methoxy groups -OCH3 is 1. The van der Waals surface area contributed by atoms with E-state index in [1.807, 2.05) is 0 Å². The molecule has 0 aliphatic heterocycles. The number of halogens is 3. The zero-order valence-electron chi connectivity index (χ0n) is 8.51. The van der Waals surface area contributed by atoms with Gasteiger partial charge < -0.3 is 19.9 Å². The molecule has 0 saturated carbocycles. The van der Waals surface area contributed by atoms with Crippen molar-refractivity contribution in [3.8, 4) is 0 Å². The fourth-order valence-electron chi connectivity index (χ4n) is 0.801. The van der Waals surface area contributed by atoms with Gasteiger partial charge in [-0.15, -0.1) is 0 Å². The molecule has 15 heavy (non-hydrogen) atoms. The number of hydrogen-bond donors (Lipinski definition) is 2. The van der Waals surface area contributed by atoms with E-state index in [-0.39, 0.29) is 13.2 Å². The van der Waals surface area contributed by atoms with Gasteiger partial charge in [0, 0.05) is 13.7 Å². The van der Waals surface area contributed by atoms with Crippen molar-refractivity contribution in [2.75, 3.05) is 40.0 Å². The molecule has 0 spiro atoms. The molecular formula is C8H16F3NO3. The van der Waals surface area contributed by atoms with Crippen LogP contribution in [0.2, 0.25) is 0 Å². The van der Waals surface area contributed by atoms with E-state index in [9.17, 15) is 13.2 Å². The highest BCUT2D eigenvalue weighted by Crippen LogP contribution is 2.11. The summed E-state index contributed by atoms with van der Waals surface area (Å²) < 4.78 is 44.6. The first-order valence-corrected chi connectivity index (χ1v) is 4.48. The van der Waals surface area contributed by atoms with Crippen LogP contribution in [0, 0.1) is 0 Å². The molecule has 0 heterocycles. The summed E-state index contributed by atoms with van der Waals surface area (Å²) in [6, 6.07) is 0. The van der Waals surface area contributed by atoms with Gasteiger partial charge in [0.05, 0.1) is 32.5 Å². The molecule has 2 N–H and O–H groups in total. The minimum atomic E-state index is -4.25. The predicted molar refractivity (Wildman–Crippen MR) is 47.6 cm³/mol. The van der Waals surface area contributed by atoms with Crippen LogP contribution in [-0.2, 0) is 9.47 Å². The summed E-state index contributed by atoms with van der Waals surface area (Å²) in [5.74, 6) is 0. The number of ether oxygens (including phenoxy) is 2. The summed E-state index contributed by atoms with van der Waals surface area (Å²) in [4.78, 5) is 0. The normalized spacial score (nSPS) is 14.2. The number of hydrogen-bond acceptors (Lipinski definition) is 4. The first kappa shape index (κ1) is 14.6. The first-order chi connectivity index (χ1) is 6.95. The van der Waals surface area contributed by atoms with Gasteiger partial charge >= 0.3 is 6.18 Å². The fourth-order valence-corrected chi connectivity index (χ4v) is 0.801. The largest absolute Gasteiger partial charge is 0.401 e. The van der Waals surface area contributed by atoms with Crippen LogP contribution in [0.1, 0.15) is 0 Å². The van der Waals surface area contributed by atoms with Crippen molar-refractivity contribution in [2.24, 2.45) is 0 Å². The Labute approximate surface area is 86.4 Å². The van der Waals surface area contributed by atoms with Crippen LogP contribution in [0.4, 0.5) is 13.2 Å². The van der Waals surface area contributed by atoms with E-state index < -0.39 is 18.8 Å². The Hall–Kier alpha value is -0.370. The molecule has 0 fully saturated rings. The fraction of sp³-hybridized carbons (Fsp3) is 1.00. The van der Waals surface area contributed by atoms with Crippen LogP contribution < -0.4 is 5.32 Å². The molecule has 0 aromatic rings. The summed E-state index contributed by atoms with van der Waals surface area (Å²) in [6.07, 6.45) is -5.19. The van der Waals surface area contributed by atoms with Crippen LogP contribution in [-0.4, -0.2) is 57.4 Å². The Bertz CT molecular complexity index is 155. The highest BCUT2D eigenvalue weighted by Gasteiger charge is 2.26. The van der Waals surface area contributed by atoms with E-state index in [1.165, 1.54) is 7.11 Å². The molecule has 0 saturated heterocycles. The van der Waals surface area contributed by atoms with E-state index in [4.69, 9.17) is 9.84 Å². The number of aliphatic hydroxyl groups excluding tert-OH is 1. The van der Waals surface area contributed by atoms with Crippen LogP contribution in [0.5, 0.6) is 0 Å². The smallest absolute Gasteiger partial charge is 0.389 e. The molecule has 0 aromatic carbocycles. The third kappa shape index (κ3) is 11.6. The van der Waals surface area contributed by atoms with E-state index in [1.54, 1.807) is 0 Å². The predicted octanol–water partition coefficient (Wildman–Crippen LogP) is 0.162. The van der Waals surface area contributed by atoms with Crippen molar-refractivity contribution in [3.05, 3.63) is 0 Å². The lowest BCUT2D eigenvalue weighted by Gasteiger charge is -2.13. The van der Waals surface area contributed by atoms with E-state index >= 15 is 0 Å². The zero-order valence-corrected chi connectivity index (χ0v) is 8.51. The molecule has 0 aliphatic carbocycles.